The lowest BCUT2D eigenvalue weighted by atomic mass is 10.00. The van der Waals surface area contributed by atoms with Crippen LogP contribution in [0.1, 0.15) is 39.0 Å². The summed E-state index contributed by atoms with van der Waals surface area (Å²) in [6.07, 6.45) is -0.427. The number of hydrogen-bond donors (Lipinski definition) is 1. The van der Waals surface area contributed by atoms with Gasteiger partial charge in [-0.1, -0.05) is 42.5 Å². The zero-order valence-corrected chi connectivity index (χ0v) is 18.3. The second-order valence-corrected chi connectivity index (χ2v) is 7.84. The quantitative estimate of drug-likeness (QED) is 0.693. The van der Waals surface area contributed by atoms with Gasteiger partial charge < -0.3 is 15.1 Å². The first-order valence-corrected chi connectivity index (χ1v) is 10.3. The fourth-order valence-electron chi connectivity index (χ4n) is 4.30. The largest absolute Gasteiger partial charge is 0.358 e. The van der Waals surface area contributed by atoms with Gasteiger partial charge >= 0.3 is 0 Å². The lowest BCUT2D eigenvalue weighted by Gasteiger charge is -2.44. The number of likely N-dealkylation sites (N-methyl/N-ethyl adjacent to an activating group) is 1. The number of nitrogens with zero attached hydrogens (tertiary/aromatic N) is 4. The topological polar surface area (TPSA) is 70.5 Å². The van der Waals surface area contributed by atoms with Crippen molar-refractivity contribution in [3.8, 4) is 0 Å². The van der Waals surface area contributed by atoms with Crippen molar-refractivity contribution >= 4 is 17.5 Å². The van der Waals surface area contributed by atoms with Gasteiger partial charge in [-0.05, 0) is 31.5 Å². The Labute approximate surface area is 182 Å². The first-order valence-electron chi connectivity index (χ1n) is 10.3. The van der Waals surface area contributed by atoms with Gasteiger partial charge in [-0.15, -0.1) is 0 Å². The number of carbonyl (C=O) groups excluding carboxylic acids is 2. The van der Waals surface area contributed by atoms with Crippen LogP contribution < -0.4 is 10.2 Å². The molecule has 0 spiro atoms. The highest BCUT2D eigenvalue weighted by Gasteiger charge is 2.39. The second-order valence-electron chi connectivity index (χ2n) is 7.84. The molecule has 31 heavy (non-hydrogen) atoms. The maximum absolute atomic E-state index is 13.2. The van der Waals surface area contributed by atoms with E-state index in [-0.39, 0.29) is 18.4 Å². The van der Waals surface area contributed by atoms with Crippen LogP contribution in [0, 0.1) is 13.8 Å². The van der Waals surface area contributed by atoms with Crippen LogP contribution in [-0.2, 0) is 11.3 Å². The van der Waals surface area contributed by atoms with E-state index in [1.807, 2.05) is 59.8 Å². The molecule has 2 amide bonds. The zero-order valence-electron chi connectivity index (χ0n) is 18.3. The third-order valence-electron chi connectivity index (χ3n) is 5.89. The smallest absolute Gasteiger partial charge is 0.257 e. The lowest BCUT2D eigenvalue weighted by Crippen LogP contribution is -2.50. The number of nitrogens with one attached hydrogen (secondary N) is 1. The number of benzene rings is 2. The Morgan fingerprint density at radius 2 is 1.74 bits per heavy atom. The summed E-state index contributed by atoms with van der Waals surface area (Å²) in [5.41, 5.74) is 5.28. The average molecular weight is 418 g/mol. The summed E-state index contributed by atoms with van der Waals surface area (Å²) in [6.45, 7) is 4.76. The minimum atomic E-state index is -0.427. The number of amides is 2. The van der Waals surface area contributed by atoms with E-state index in [2.05, 4.69) is 17.4 Å². The molecule has 7 heteroatoms. The molecular weight excluding hydrogens is 390 g/mol. The number of rotatable bonds is 5. The molecule has 2 heterocycles. The van der Waals surface area contributed by atoms with Crippen LogP contribution in [0.5, 0.6) is 0 Å². The van der Waals surface area contributed by atoms with Crippen LogP contribution >= 0.6 is 0 Å². The summed E-state index contributed by atoms with van der Waals surface area (Å²) in [7, 11) is 3.41. The average Bonchev–Trinajstić information content (AvgIpc) is 3.05. The standard InChI is InChI=1S/C24H27N5O2/c1-16-22(17(2)29(26-16)14-18-10-6-5-7-11-18)23-27(4)24(31)19-12-8-9-13-20(19)28(23)15-21(30)25-3/h5-13,23H,14-15H2,1-4H3,(H,25,30)/t23-/m1/s1. The van der Waals surface area contributed by atoms with Gasteiger partial charge in [-0.25, -0.2) is 0 Å². The number of anilines is 1. The van der Waals surface area contributed by atoms with Crippen LogP contribution in [0.4, 0.5) is 5.69 Å². The predicted molar refractivity (Wildman–Crippen MR) is 120 cm³/mol. The van der Waals surface area contributed by atoms with Crippen molar-refractivity contribution in [2.75, 3.05) is 25.5 Å². The van der Waals surface area contributed by atoms with Crippen molar-refractivity contribution in [3.63, 3.8) is 0 Å². The van der Waals surface area contributed by atoms with Gasteiger partial charge in [0.2, 0.25) is 5.91 Å². The summed E-state index contributed by atoms with van der Waals surface area (Å²) in [4.78, 5) is 29.3. The van der Waals surface area contributed by atoms with E-state index < -0.39 is 6.17 Å². The molecule has 1 N–H and O–H groups in total. The van der Waals surface area contributed by atoms with Crippen LogP contribution in [0.25, 0.3) is 0 Å². The minimum Gasteiger partial charge on any atom is -0.358 e. The van der Waals surface area contributed by atoms with Crippen molar-refractivity contribution in [1.82, 2.24) is 20.0 Å². The van der Waals surface area contributed by atoms with Crippen LogP contribution in [0.2, 0.25) is 0 Å². The molecule has 3 aromatic rings. The number of para-hydroxylation sites is 1. The summed E-state index contributed by atoms with van der Waals surface area (Å²) < 4.78 is 1.97. The highest BCUT2D eigenvalue weighted by molar-refractivity contribution is 6.02. The summed E-state index contributed by atoms with van der Waals surface area (Å²) >= 11 is 0. The molecule has 0 bridgehead atoms. The molecule has 1 atom stereocenters. The zero-order chi connectivity index (χ0) is 22.1. The van der Waals surface area contributed by atoms with Crippen LogP contribution in [0.3, 0.4) is 0 Å². The molecule has 0 radical (unpaired) electrons. The number of aromatic nitrogens is 2. The molecule has 2 aromatic carbocycles. The van der Waals surface area contributed by atoms with Crippen molar-refractivity contribution in [2.45, 2.75) is 26.6 Å². The van der Waals surface area contributed by atoms with Gasteiger partial charge in [0.1, 0.15) is 6.17 Å². The van der Waals surface area contributed by atoms with Gasteiger partial charge in [0.25, 0.3) is 5.91 Å². The summed E-state index contributed by atoms with van der Waals surface area (Å²) in [6, 6.07) is 17.6. The van der Waals surface area contributed by atoms with Crippen LogP contribution in [-0.4, -0.2) is 47.1 Å². The third-order valence-corrected chi connectivity index (χ3v) is 5.89. The molecule has 7 nitrogen and oxygen atoms in total. The Bertz CT molecular complexity index is 1120. The van der Waals surface area contributed by atoms with Crippen molar-refractivity contribution in [1.29, 1.82) is 0 Å². The highest BCUT2D eigenvalue weighted by Crippen LogP contribution is 2.39. The van der Waals surface area contributed by atoms with E-state index in [0.29, 0.717) is 12.1 Å². The van der Waals surface area contributed by atoms with Crippen molar-refractivity contribution in [2.24, 2.45) is 0 Å². The predicted octanol–water partition coefficient (Wildman–Crippen LogP) is 2.89. The second kappa shape index (κ2) is 8.26. The Hall–Kier alpha value is -3.61. The van der Waals surface area contributed by atoms with E-state index in [4.69, 9.17) is 5.10 Å². The highest BCUT2D eigenvalue weighted by atomic mass is 16.2. The Kier molecular flexibility index (Phi) is 5.50. The Balaban J connectivity index is 1.81. The fourth-order valence-corrected chi connectivity index (χ4v) is 4.30. The van der Waals surface area contributed by atoms with Gasteiger partial charge in [0.15, 0.2) is 0 Å². The minimum absolute atomic E-state index is 0.0663. The van der Waals surface area contributed by atoms with E-state index in [1.165, 1.54) is 0 Å². The molecular formula is C24H27N5O2. The van der Waals surface area contributed by atoms with Gasteiger partial charge in [-0.2, -0.15) is 5.10 Å². The first-order chi connectivity index (χ1) is 14.9. The third kappa shape index (κ3) is 3.67. The normalized spacial score (nSPS) is 15.7. The van der Waals surface area contributed by atoms with Crippen molar-refractivity contribution in [3.05, 3.63) is 82.7 Å². The molecule has 0 saturated carbocycles. The fraction of sp³-hybridized carbons (Fsp3) is 0.292. The Morgan fingerprint density at radius 1 is 1.06 bits per heavy atom. The molecule has 0 fully saturated rings. The van der Waals surface area contributed by atoms with Gasteiger partial charge in [0.05, 0.1) is 30.0 Å². The van der Waals surface area contributed by atoms with E-state index >= 15 is 0 Å². The Morgan fingerprint density at radius 3 is 2.45 bits per heavy atom. The number of aryl methyl sites for hydroxylation is 1. The molecule has 0 aliphatic carbocycles. The lowest BCUT2D eigenvalue weighted by molar-refractivity contribution is -0.119. The maximum atomic E-state index is 13.2. The van der Waals surface area contributed by atoms with E-state index in [9.17, 15) is 9.59 Å². The van der Waals surface area contributed by atoms with Gasteiger partial charge in [-0.3, -0.25) is 14.3 Å². The number of carbonyl (C=O) groups is 2. The first kappa shape index (κ1) is 20.7. The molecule has 160 valence electrons. The molecule has 0 unspecified atom stereocenters. The van der Waals surface area contributed by atoms with Crippen LogP contribution in [0.15, 0.2) is 54.6 Å². The number of hydrogen-bond acceptors (Lipinski definition) is 4. The number of fused-ring (bicyclic) bond motifs is 1. The SMILES string of the molecule is CNC(=O)CN1c2ccccc2C(=O)N(C)[C@H]1c1c(C)nn(Cc2ccccc2)c1C. The maximum Gasteiger partial charge on any atom is 0.257 e. The molecule has 1 aromatic heterocycles. The van der Waals surface area contributed by atoms with E-state index in [0.717, 1.165) is 28.2 Å². The molecule has 1 aliphatic rings. The van der Waals surface area contributed by atoms with Crippen molar-refractivity contribution < 1.29 is 9.59 Å². The van der Waals surface area contributed by atoms with E-state index in [1.54, 1.807) is 25.1 Å². The summed E-state index contributed by atoms with van der Waals surface area (Å²) in [5.74, 6) is -0.182. The monoisotopic (exact) mass is 417 g/mol. The summed E-state index contributed by atoms with van der Waals surface area (Å²) in [5, 5.41) is 7.48. The van der Waals surface area contributed by atoms with Gasteiger partial charge in [0, 0.05) is 25.4 Å². The molecule has 1 aliphatic heterocycles. The molecule has 4 rings (SSSR count). The molecule has 0 saturated heterocycles.